The summed E-state index contributed by atoms with van der Waals surface area (Å²) in [5, 5.41) is 11.6. The van der Waals surface area contributed by atoms with Gasteiger partial charge in [0, 0.05) is 5.56 Å². The van der Waals surface area contributed by atoms with E-state index in [1.165, 1.54) is 0 Å². The molecule has 0 aliphatic heterocycles. The molecule has 1 aromatic heterocycles. The number of benzene rings is 1. The van der Waals surface area contributed by atoms with Gasteiger partial charge in [-0.1, -0.05) is 30.3 Å². The fourth-order valence-electron chi connectivity index (χ4n) is 1.57. The molecule has 2 rings (SSSR count). The van der Waals surface area contributed by atoms with E-state index < -0.39 is 12.0 Å². The second-order valence-electron chi connectivity index (χ2n) is 4.07. The Bertz CT molecular complexity index is 519. The lowest BCUT2D eigenvalue weighted by molar-refractivity contribution is -0.139. The Morgan fingerprint density at radius 3 is 2.67 bits per heavy atom. The van der Waals surface area contributed by atoms with E-state index in [4.69, 9.17) is 9.52 Å². The lowest BCUT2D eigenvalue weighted by Crippen LogP contribution is -2.32. The zero-order valence-corrected chi connectivity index (χ0v) is 10.1. The molecule has 1 atom stereocenters. The number of nitrogens with one attached hydrogen (secondary N) is 1. The molecule has 0 spiro atoms. The summed E-state index contributed by atoms with van der Waals surface area (Å²) < 4.78 is 5.64. The molecular weight excluding hydrogens is 230 g/mol. The molecule has 0 saturated heterocycles. The Morgan fingerprint density at radius 1 is 1.28 bits per heavy atom. The van der Waals surface area contributed by atoms with Crippen molar-refractivity contribution >= 4 is 5.97 Å². The molecular formula is C14H15NO3. The van der Waals surface area contributed by atoms with Gasteiger partial charge in [-0.25, -0.2) is 0 Å². The molecule has 0 saturated carbocycles. The van der Waals surface area contributed by atoms with Crippen molar-refractivity contribution in [3.05, 3.63) is 48.2 Å². The maximum atomic E-state index is 10.7. The van der Waals surface area contributed by atoms with Crippen LogP contribution < -0.4 is 5.32 Å². The third kappa shape index (κ3) is 2.99. The van der Waals surface area contributed by atoms with Gasteiger partial charge in [-0.05, 0) is 19.1 Å². The zero-order chi connectivity index (χ0) is 13.0. The second kappa shape index (κ2) is 5.51. The first kappa shape index (κ1) is 12.4. The highest BCUT2D eigenvalue weighted by Gasteiger charge is 2.11. The zero-order valence-electron chi connectivity index (χ0n) is 10.1. The Kier molecular flexibility index (Phi) is 3.79. The summed E-state index contributed by atoms with van der Waals surface area (Å²) >= 11 is 0. The van der Waals surface area contributed by atoms with Gasteiger partial charge >= 0.3 is 5.97 Å². The fraction of sp³-hybridized carbons (Fsp3) is 0.214. The summed E-state index contributed by atoms with van der Waals surface area (Å²) in [6.07, 6.45) is 0. The van der Waals surface area contributed by atoms with Crippen molar-refractivity contribution in [3.8, 4) is 11.3 Å². The Balaban J connectivity index is 2.01. The highest BCUT2D eigenvalue weighted by Crippen LogP contribution is 2.21. The molecule has 0 aliphatic rings. The van der Waals surface area contributed by atoms with Crippen molar-refractivity contribution in [1.29, 1.82) is 0 Å². The Morgan fingerprint density at radius 2 is 2.00 bits per heavy atom. The monoisotopic (exact) mass is 245 g/mol. The van der Waals surface area contributed by atoms with Crippen molar-refractivity contribution in [2.24, 2.45) is 0 Å². The van der Waals surface area contributed by atoms with E-state index in [0.717, 1.165) is 17.1 Å². The second-order valence-corrected chi connectivity index (χ2v) is 4.07. The Hall–Kier alpha value is -2.07. The van der Waals surface area contributed by atoms with Crippen molar-refractivity contribution in [2.45, 2.75) is 19.5 Å². The van der Waals surface area contributed by atoms with Gasteiger partial charge < -0.3 is 9.52 Å². The summed E-state index contributed by atoms with van der Waals surface area (Å²) in [5.41, 5.74) is 1.01. The van der Waals surface area contributed by atoms with Gasteiger partial charge in [0.2, 0.25) is 0 Å². The van der Waals surface area contributed by atoms with Crippen molar-refractivity contribution < 1.29 is 14.3 Å². The van der Waals surface area contributed by atoms with Crippen LogP contribution >= 0.6 is 0 Å². The quantitative estimate of drug-likeness (QED) is 0.849. The first-order chi connectivity index (χ1) is 8.66. The van der Waals surface area contributed by atoms with Gasteiger partial charge in [0.1, 0.15) is 17.6 Å². The first-order valence-corrected chi connectivity index (χ1v) is 5.77. The molecule has 18 heavy (non-hydrogen) atoms. The lowest BCUT2D eigenvalue weighted by Gasteiger charge is -2.06. The van der Waals surface area contributed by atoms with Crippen LogP contribution in [0.25, 0.3) is 11.3 Å². The van der Waals surface area contributed by atoms with Crippen LogP contribution in [0.1, 0.15) is 12.7 Å². The minimum absolute atomic E-state index is 0.403. The number of hydrogen-bond acceptors (Lipinski definition) is 3. The van der Waals surface area contributed by atoms with Gasteiger partial charge in [-0.2, -0.15) is 0 Å². The molecule has 1 aromatic carbocycles. The highest BCUT2D eigenvalue weighted by molar-refractivity contribution is 5.72. The molecule has 2 aromatic rings. The molecule has 1 unspecified atom stereocenters. The average Bonchev–Trinajstić information content (AvgIpc) is 2.85. The van der Waals surface area contributed by atoms with Gasteiger partial charge in [0.15, 0.2) is 0 Å². The highest BCUT2D eigenvalue weighted by atomic mass is 16.4. The lowest BCUT2D eigenvalue weighted by atomic mass is 10.2. The van der Waals surface area contributed by atoms with Crippen LogP contribution in [0.4, 0.5) is 0 Å². The molecule has 4 nitrogen and oxygen atoms in total. The van der Waals surface area contributed by atoms with Crippen LogP contribution in [-0.2, 0) is 11.3 Å². The summed E-state index contributed by atoms with van der Waals surface area (Å²) in [7, 11) is 0. The van der Waals surface area contributed by atoms with Gasteiger partial charge in [-0.3, -0.25) is 10.1 Å². The third-order valence-electron chi connectivity index (χ3n) is 2.67. The third-order valence-corrected chi connectivity index (χ3v) is 2.67. The summed E-state index contributed by atoms with van der Waals surface area (Å²) in [5.74, 6) is 0.641. The van der Waals surface area contributed by atoms with Crippen LogP contribution in [0.2, 0.25) is 0 Å². The average molecular weight is 245 g/mol. The van der Waals surface area contributed by atoms with Crippen LogP contribution in [-0.4, -0.2) is 17.1 Å². The molecule has 94 valence electrons. The van der Waals surface area contributed by atoms with Gasteiger partial charge in [-0.15, -0.1) is 0 Å². The predicted octanol–water partition coefficient (Wildman–Crippen LogP) is 2.51. The van der Waals surface area contributed by atoms with Crippen LogP contribution in [0, 0.1) is 0 Å². The molecule has 0 aliphatic carbocycles. The van der Waals surface area contributed by atoms with E-state index in [0.29, 0.717) is 6.54 Å². The number of rotatable bonds is 5. The fourth-order valence-corrected chi connectivity index (χ4v) is 1.57. The number of carboxylic acid groups (broad SMARTS) is 1. The van der Waals surface area contributed by atoms with Crippen LogP contribution in [0.5, 0.6) is 0 Å². The number of carboxylic acids is 1. The number of furan rings is 1. The van der Waals surface area contributed by atoms with Crippen molar-refractivity contribution in [1.82, 2.24) is 5.32 Å². The van der Waals surface area contributed by atoms with Crippen LogP contribution in [0.3, 0.4) is 0 Å². The molecule has 0 fully saturated rings. The first-order valence-electron chi connectivity index (χ1n) is 5.77. The Labute approximate surface area is 105 Å². The van der Waals surface area contributed by atoms with Crippen LogP contribution in [0.15, 0.2) is 46.9 Å². The number of hydrogen-bond donors (Lipinski definition) is 2. The largest absolute Gasteiger partial charge is 0.480 e. The normalized spacial score (nSPS) is 12.3. The molecule has 0 amide bonds. The van der Waals surface area contributed by atoms with E-state index in [9.17, 15) is 4.79 Å². The van der Waals surface area contributed by atoms with E-state index in [-0.39, 0.29) is 0 Å². The summed E-state index contributed by atoms with van der Waals surface area (Å²) in [6, 6.07) is 12.9. The van der Waals surface area contributed by atoms with E-state index in [1.807, 2.05) is 42.5 Å². The molecule has 4 heteroatoms. The van der Waals surface area contributed by atoms with Gasteiger partial charge in [0.25, 0.3) is 0 Å². The summed E-state index contributed by atoms with van der Waals surface area (Å²) in [6.45, 7) is 2.00. The maximum absolute atomic E-state index is 10.7. The molecule has 1 heterocycles. The van der Waals surface area contributed by atoms with E-state index in [2.05, 4.69) is 5.32 Å². The van der Waals surface area contributed by atoms with Crippen molar-refractivity contribution in [2.75, 3.05) is 0 Å². The maximum Gasteiger partial charge on any atom is 0.320 e. The van der Waals surface area contributed by atoms with E-state index >= 15 is 0 Å². The smallest absolute Gasteiger partial charge is 0.320 e. The van der Waals surface area contributed by atoms with Crippen molar-refractivity contribution in [3.63, 3.8) is 0 Å². The summed E-state index contributed by atoms with van der Waals surface area (Å²) in [4.78, 5) is 10.7. The van der Waals surface area contributed by atoms with Gasteiger partial charge in [0.05, 0.1) is 6.54 Å². The predicted molar refractivity (Wildman–Crippen MR) is 68.1 cm³/mol. The molecule has 2 N–H and O–H groups in total. The SMILES string of the molecule is CC(NCc1ccc(-c2ccccc2)o1)C(=O)O. The standard InChI is InChI=1S/C14H15NO3/c1-10(14(16)17)15-9-12-7-8-13(18-12)11-5-3-2-4-6-11/h2-8,10,15H,9H2,1H3,(H,16,17). The minimum Gasteiger partial charge on any atom is -0.480 e. The number of aliphatic carboxylic acids is 1. The molecule has 0 bridgehead atoms. The number of carbonyl (C=O) groups is 1. The minimum atomic E-state index is -0.871. The topological polar surface area (TPSA) is 62.5 Å². The molecule has 0 radical (unpaired) electrons. The van der Waals surface area contributed by atoms with E-state index in [1.54, 1.807) is 6.92 Å².